The number of carbonyl (C=O) groups excluding carboxylic acids is 2. The van der Waals surface area contributed by atoms with Crippen molar-refractivity contribution in [1.82, 2.24) is 25.3 Å². The number of aromatic nitrogens is 2. The Morgan fingerprint density at radius 1 is 1.10 bits per heavy atom. The summed E-state index contributed by atoms with van der Waals surface area (Å²) in [6, 6.07) is 16.8. The van der Waals surface area contributed by atoms with E-state index in [0.29, 0.717) is 18.1 Å². The number of halogens is 1. The SMILES string of the molecule is CCNC(=O)NC(=O)CN(C)Cc1cn(-c2ccccc2)nc1-c1ccc(Cl)cc1. The summed E-state index contributed by atoms with van der Waals surface area (Å²) in [6.07, 6.45) is 1.96. The summed E-state index contributed by atoms with van der Waals surface area (Å²) in [7, 11) is 1.82. The van der Waals surface area contributed by atoms with Gasteiger partial charge in [-0.1, -0.05) is 41.9 Å². The lowest BCUT2D eigenvalue weighted by atomic mass is 10.1. The molecule has 3 rings (SSSR count). The third kappa shape index (κ3) is 5.68. The third-order valence-electron chi connectivity index (χ3n) is 4.37. The Hall–Kier alpha value is -3.16. The summed E-state index contributed by atoms with van der Waals surface area (Å²) < 4.78 is 1.82. The molecule has 156 valence electrons. The number of amides is 3. The van der Waals surface area contributed by atoms with Crippen LogP contribution in [-0.2, 0) is 11.3 Å². The van der Waals surface area contributed by atoms with E-state index < -0.39 is 6.03 Å². The van der Waals surface area contributed by atoms with Crippen molar-refractivity contribution in [1.29, 1.82) is 0 Å². The summed E-state index contributed by atoms with van der Waals surface area (Å²) >= 11 is 6.03. The Balaban J connectivity index is 1.81. The first-order valence-corrected chi connectivity index (χ1v) is 10.00. The molecule has 0 radical (unpaired) electrons. The van der Waals surface area contributed by atoms with Crippen molar-refractivity contribution in [2.75, 3.05) is 20.1 Å². The molecule has 0 fully saturated rings. The molecule has 0 aliphatic rings. The fraction of sp³-hybridized carbons (Fsp3) is 0.227. The summed E-state index contributed by atoms with van der Waals surface area (Å²) in [4.78, 5) is 25.5. The molecule has 7 nitrogen and oxygen atoms in total. The van der Waals surface area contributed by atoms with Crippen LogP contribution >= 0.6 is 11.6 Å². The molecule has 0 aliphatic carbocycles. The van der Waals surface area contributed by atoms with Crippen molar-refractivity contribution in [3.8, 4) is 16.9 Å². The van der Waals surface area contributed by atoms with Gasteiger partial charge in [0.2, 0.25) is 5.91 Å². The van der Waals surface area contributed by atoms with Crippen molar-refractivity contribution < 1.29 is 9.59 Å². The van der Waals surface area contributed by atoms with Gasteiger partial charge in [-0.3, -0.25) is 15.0 Å². The van der Waals surface area contributed by atoms with E-state index in [4.69, 9.17) is 16.7 Å². The van der Waals surface area contributed by atoms with E-state index in [9.17, 15) is 9.59 Å². The second-order valence-corrected chi connectivity index (χ2v) is 7.31. The second-order valence-electron chi connectivity index (χ2n) is 6.87. The number of likely N-dealkylation sites (N-methyl/N-ethyl adjacent to an activating group) is 1. The van der Waals surface area contributed by atoms with E-state index in [0.717, 1.165) is 22.5 Å². The van der Waals surface area contributed by atoms with Crippen molar-refractivity contribution in [3.63, 3.8) is 0 Å². The van der Waals surface area contributed by atoms with Crippen LogP contribution in [0.4, 0.5) is 4.79 Å². The standard InChI is InChI=1S/C22H24ClN5O2/c1-3-24-22(30)25-20(29)15-27(2)13-17-14-28(19-7-5-4-6-8-19)26-21(17)16-9-11-18(23)12-10-16/h4-12,14H,3,13,15H2,1-2H3,(H2,24,25,29,30). The topological polar surface area (TPSA) is 79.3 Å². The smallest absolute Gasteiger partial charge is 0.321 e. The maximum absolute atomic E-state index is 12.1. The van der Waals surface area contributed by atoms with Gasteiger partial charge in [0.25, 0.3) is 0 Å². The normalized spacial score (nSPS) is 10.8. The average Bonchev–Trinajstić information content (AvgIpc) is 3.12. The molecule has 0 unspecified atom stereocenters. The van der Waals surface area contributed by atoms with E-state index in [2.05, 4.69) is 10.6 Å². The lowest BCUT2D eigenvalue weighted by Crippen LogP contribution is -2.43. The van der Waals surface area contributed by atoms with E-state index in [1.165, 1.54) is 0 Å². The van der Waals surface area contributed by atoms with Crippen molar-refractivity contribution in [3.05, 3.63) is 71.4 Å². The van der Waals surface area contributed by atoms with Gasteiger partial charge in [-0.05, 0) is 38.2 Å². The van der Waals surface area contributed by atoms with Crippen molar-refractivity contribution in [2.45, 2.75) is 13.5 Å². The van der Waals surface area contributed by atoms with E-state index in [1.807, 2.05) is 77.4 Å². The van der Waals surface area contributed by atoms with Crippen LogP contribution in [-0.4, -0.2) is 46.8 Å². The molecule has 3 aromatic rings. The Morgan fingerprint density at radius 2 is 1.80 bits per heavy atom. The van der Waals surface area contributed by atoms with Crippen molar-refractivity contribution in [2.24, 2.45) is 0 Å². The van der Waals surface area contributed by atoms with Gasteiger partial charge in [-0.25, -0.2) is 9.48 Å². The second kappa shape index (κ2) is 10.0. The van der Waals surface area contributed by atoms with E-state index in [1.54, 1.807) is 6.92 Å². The lowest BCUT2D eigenvalue weighted by Gasteiger charge is -2.16. The fourth-order valence-electron chi connectivity index (χ4n) is 3.05. The van der Waals surface area contributed by atoms with Gasteiger partial charge < -0.3 is 5.32 Å². The minimum atomic E-state index is -0.491. The highest BCUT2D eigenvalue weighted by atomic mass is 35.5. The van der Waals surface area contributed by atoms with Gasteiger partial charge in [-0.15, -0.1) is 0 Å². The summed E-state index contributed by atoms with van der Waals surface area (Å²) in [5, 5.41) is 10.3. The first kappa shape index (κ1) is 21.5. The van der Waals surface area contributed by atoms with Crippen molar-refractivity contribution >= 4 is 23.5 Å². The maximum Gasteiger partial charge on any atom is 0.321 e. The number of hydrogen-bond acceptors (Lipinski definition) is 4. The summed E-state index contributed by atoms with van der Waals surface area (Å²) in [5.41, 5.74) is 3.64. The predicted molar refractivity (Wildman–Crippen MR) is 118 cm³/mol. The average molecular weight is 426 g/mol. The predicted octanol–water partition coefficient (Wildman–Crippen LogP) is 3.47. The number of urea groups is 1. The Morgan fingerprint density at radius 3 is 2.47 bits per heavy atom. The molecule has 0 saturated carbocycles. The van der Waals surface area contributed by atoms with Crippen LogP contribution in [0.2, 0.25) is 5.02 Å². The fourth-order valence-corrected chi connectivity index (χ4v) is 3.18. The highest BCUT2D eigenvalue weighted by Crippen LogP contribution is 2.26. The Labute approximate surface area is 180 Å². The molecule has 30 heavy (non-hydrogen) atoms. The molecule has 0 spiro atoms. The lowest BCUT2D eigenvalue weighted by molar-refractivity contribution is -0.120. The molecule has 1 aromatic heterocycles. The molecule has 8 heteroatoms. The number of nitrogens with one attached hydrogen (secondary N) is 2. The van der Waals surface area contributed by atoms with Crippen LogP contribution in [0, 0.1) is 0 Å². The number of carbonyl (C=O) groups is 2. The zero-order chi connectivity index (χ0) is 21.5. The van der Waals surface area contributed by atoms with Gasteiger partial charge in [0.15, 0.2) is 0 Å². The molecular weight excluding hydrogens is 402 g/mol. The molecule has 0 atom stereocenters. The number of rotatable bonds is 7. The van der Waals surface area contributed by atoms with Gasteiger partial charge in [0, 0.05) is 35.4 Å². The molecule has 2 N–H and O–H groups in total. The van der Waals surface area contributed by atoms with Crippen LogP contribution in [0.1, 0.15) is 12.5 Å². The quantitative estimate of drug-likeness (QED) is 0.607. The Bertz CT molecular complexity index is 1000. The molecular formula is C22H24ClN5O2. The van der Waals surface area contributed by atoms with Crippen LogP contribution < -0.4 is 10.6 Å². The van der Waals surface area contributed by atoms with E-state index in [-0.39, 0.29) is 12.5 Å². The summed E-state index contributed by atoms with van der Waals surface area (Å²) in [5.74, 6) is -0.369. The third-order valence-corrected chi connectivity index (χ3v) is 4.62. The van der Waals surface area contributed by atoms with Gasteiger partial charge in [-0.2, -0.15) is 5.10 Å². The Kier molecular flexibility index (Phi) is 7.21. The molecule has 3 amide bonds. The number of para-hydroxylation sites is 1. The molecule has 2 aromatic carbocycles. The molecule has 1 heterocycles. The van der Waals surface area contributed by atoms with Crippen LogP contribution in [0.25, 0.3) is 16.9 Å². The van der Waals surface area contributed by atoms with E-state index >= 15 is 0 Å². The largest absolute Gasteiger partial charge is 0.338 e. The number of hydrogen-bond donors (Lipinski definition) is 2. The zero-order valence-corrected chi connectivity index (χ0v) is 17.7. The molecule has 0 aliphatic heterocycles. The van der Waals surface area contributed by atoms with Gasteiger partial charge in [0.05, 0.1) is 17.9 Å². The van der Waals surface area contributed by atoms with Crippen LogP contribution in [0.15, 0.2) is 60.8 Å². The number of imide groups is 1. The minimum absolute atomic E-state index is 0.0771. The maximum atomic E-state index is 12.1. The monoisotopic (exact) mass is 425 g/mol. The molecule has 0 saturated heterocycles. The number of benzene rings is 2. The first-order valence-electron chi connectivity index (χ1n) is 9.62. The summed E-state index contributed by atoms with van der Waals surface area (Å²) in [6.45, 7) is 2.80. The van der Waals surface area contributed by atoms with Crippen LogP contribution in [0.5, 0.6) is 0 Å². The number of nitrogens with zero attached hydrogens (tertiary/aromatic N) is 3. The highest BCUT2D eigenvalue weighted by molar-refractivity contribution is 6.30. The van der Waals surface area contributed by atoms with Gasteiger partial charge in [0.1, 0.15) is 0 Å². The van der Waals surface area contributed by atoms with Crippen LogP contribution in [0.3, 0.4) is 0 Å². The first-order chi connectivity index (χ1) is 14.5. The molecule has 0 bridgehead atoms. The van der Waals surface area contributed by atoms with Gasteiger partial charge >= 0.3 is 6.03 Å². The minimum Gasteiger partial charge on any atom is -0.338 e. The highest BCUT2D eigenvalue weighted by Gasteiger charge is 2.16. The zero-order valence-electron chi connectivity index (χ0n) is 16.9.